The van der Waals surface area contributed by atoms with E-state index in [9.17, 15) is 13.6 Å². The Kier molecular flexibility index (Phi) is 8.50. The summed E-state index contributed by atoms with van der Waals surface area (Å²) in [5.41, 5.74) is 2.07. The molecule has 3 aromatic heterocycles. The van der Waals surface area contributed by atoms with Crippen molar-refractivity contribution in [3.63, 3.8) is 0 Å². The molecular formula is C30H29ClF2N6O. The fourth-order valence-corrected chi connectivity index (χ4v) is 5.03. The third-order valence-corrected chi connectivity index (χ3v) is 7.08. The Morgan fingerprint density at radius 3 is 2.77 bits per heavy atom. The number of H-pyrrole nitrogens is 1. The molecule has 40 heavy (non-hydrogen) atoms. The molecule has 0 aliphatic carbocycles. The average Bonchev–Trinajstić information content (AvgIpc) is 3.37. The van der Waals surface area contributed by atoms with Gasteiger partial charge in [-0.15, -0.1) is 0 Å². The monoisotopic (exact) mass is 562 g/mol. The van der Waals surface area contributed by atoms with E-state index in [0.29, 0.717) is 34.9 Å². The van der Waals surface area contributed by atoms with Gasteiger partial charge in [-0.25, -0.2) is 23.7 Å². The second-order valence-corrected chi connectivity index (χ2v) is 10.2. The molecular weight excluding hydrogens is 534 g/mol. The van der Waals surface area contributed by atoms with Crippen LogP contribution in [0.3, 0.4) is 0 Å². The van der Waals surface area contributed by atoms with Gasteiger partial charge in [0.15, 0.2) is 17.5 Å². The number of halogens is 3. The lowest BCUT2D eigenvalue weighted by Crippen LogP contribution is -2.38. The Bertz CT molecular complexity index is 1550. The molecule has 1 amide bonds. The predicted octanol–water partition coefficient (Wildman–Crippen LogP) is 6.84. The predicted molar refractivity (Wildman–Crippen MR) is 153 cm³/mol. The number of carbonyl (C=O) groups excluding carboxylic acids is 1. The zero-order valence-corrected chi connectivity index (χ0v) is 22.7. The number of aromatic nitrogens is 4. The fourth-order valence-electron chi connectivity index (χ4n) is 4.87. The molecule has 1 aliphatic rings. The first-order chi connectivity index (χ1) is 19.4. The van der Waals surface area contributed by atoms with Gasteiger partial charge in [0.05, 0.1) is 23.7 Å². The van der Waals surface area contributed by atoms with Crippen molar-refractivity contribution in [2.45, 2.75) is 51.1 Å². The number of nitrogens with zero attached hydrogens (tertiary/aromatic N) is 4. The van der Waals surface area contributed by atoms with Crippen molar-refractivity contribution in [2.75, 3.05) is 5.32 Å². The topological polar surface area (TPSA) is 86.8 Å². The molecule has 7 nitrogen and oxygen atoms in total. The van der Waals surface area contributed by atoms with Crippen molar-refractivity contribution in [3.8, 4) is 11.4 Å². The van der Waals surface area contributed by atoms with Gasteiger partial charge < -0.3 is 15.2 Å². The van der Waals surface area contributed by atoms with E-state index in [2.05, 4.69) is 32.2 Å². The van der Waals surface area contributed by atoms with Crippen LogP contribution in [-0.4, -0.2) is 42.8 Å². The first-order valence-electron chi connectivity index (χ1n) is 13.2. The average molecular weight is 563 g/mol. The van der Waals surface area contributed by atoms with Gasteiger partial charge in [-0.2, -0.15) is 0 Å². The van der Waals surface area contributed by atoms with E-state index in [1.54, 1.807) is 41.7 Å². The number of hydrogen-bond donors (Lipinski definition) is 2. The molecule has 0 saturated carbocycles. The highest BCUT2D eigenvalue weighted by Crippen LogP contribution is 2.29. The number of nitrogens with one attached hydrogen (secondary N) is 2. The Hall–Kier alpha value is -4.11. The molecule has 0 saturated heterocycles. The van der Waals surface area contributed by atoms with Crippen molar-refractivity contribution in [1.82, 2.24) is 24.8 Å². The Balaban J connectivity index is 1.28. The number of aromatic amines is 1. The summed E-state index contributed by atoms with van der Waals surface area (Å²) in [5, 5.41) is 4.51. The Morgan fingerprint density at radius 2 is 1.98 bits per heavy atom. The number of carbonyl (C=O) groups is 1. The molecule has 0 spiro atoms. The van der Waals surface area contributed by atoms with E-state index in [0.717, 1.165) is 30.0 Å². The summed E-state index contributed by atoms with van der Waals surface area (Å²) in [4.78, 5) is 30.8. The van der Waals surface area contributed by atoms with Crippen molar-refractivity contribution in [3.05, 3.63) is 95.6 Å². The summed E-state index contributed by atoms with van der Waals surface area (Å²) in [5.74, 6) is -0.475. The first kappa shape index (κ1) is 27.5. The van der Waals surface area contributed by atoms with Gasteiger partial charge >= 0.3 is 0 Å². The van der Waals surface area contributed by atoms with E-state index >= 15 is 0 Å². The summed E-state index contributed by atoms with van der Waals surface area (Å²) in [6, 6.07) is 7.51. The van der Waals surface area contributed by atoms with Crippen molar-refractivity contribution >= 4 is 34.4 Å². The van der Waals surface area contributed by atoms with Gasteiger partial charge in [-0.05, 0) is 49.1 Å². The van der Waals surface area contributed by atoms with Crippen LogP contribution in [0.5, 0.6) is 0 Å². The van der Waals surface area contributed by atoms with Gasteiger partial charge in [-0.1, -0.05) is 49.2 Å². The van der Waals surface area contributed by atoms with E-state index < -0.39 is 5.82 Å². The summed E-state index contributed by atoms with van der Waals surface area (Å²) < 4.78 is 28.1. The van der Waals surface area contributed by atoms with Crippen LogP contribution in [0.2, 0.25) is 5.02 Å². The van der Waals surface area contributed by atoms with Crippen LogP contribution >= 0.6 is 11.6 Å². The van der Waals surface area contributed by atoms with E-state index in [1.807, 2.05) is 18.2 Å². The molecule has 1 unspecified atom stereocenters. The third kappa shape index (κ3) is 6.37. The number of pyridine rings is 1. The van der Waals surface area contributed by atoms with Gasteiger partial charge in [0.2, 0.25) is 5.91 Å². The number of benzene rings is 1. The molecule has 0 radical (unpaired) electrons. The molecule has 0 bridgehead atoms. The highest BCUT2D eigenvalue weighted by Gasteiger charge is 2.23. The SMILES string of the molecule is CCCC(CC[C@@H]1C=CC=CN1C(=O)Cc1ccc(F)cc1)Nc1nc(-c2c[nH]c3ncc(Cl)cc23)ncc1F. The maximum absolute atomic E-state index is 14.9. The van der Waals surface area contributed by atoms with Crippen molar-refractivity contribution in [2.24, 2.45) is 0 Å². The van der Waals surface area contributed by atoms with Crippen LogP contribution in [0, 0.1) is 11.6 Å². The largest absolute Gasteiger partial charge is 0.365 e. The summed E-state index contributed by atoms with van der Waals surface area (Å²) in [6.07, 6.45) is 15.2. The molecule has 2 N–H and O–H groups in total. The normalized spacial score (nSPS) is 15.5. The van der Waals surface area contributed by atoms with Gasteiger partial charge in [0, 0.05) is 35.6 Å². The number of rotatable bonds is 10. The Morgan fingerprint density at radius 1 is 1.15 bits per heavy atom. The molecule has 2 atom stereocenters. The zero-order valence-electron chi connectivity index (χ0n) is 21.9. The summed E-state index contributed by atoms with van der Waals surface area (Å²) in [6.45, 7) is 2.07. The zero-order chi connectivity index (χ0) is 28.1. The first-order valence-corrected chi connectivity index (χ1v) is 13.6. The lowest BCUT2D eigenvalue weighted by molar-refractivity contribution is -0.129. The van der Waals surface area contributed by atoms with E-state index in [-0.39, 0.29) is 36.0 Å². The minimum absolute atomic E-state index is 0.0722. The maximum Gasteiger partial charge on any atom is 0.231 e. The van der Waals surface area contributed by atoms with Crippen LogP contribution < -0.4 is 5.32 Å². The molecule has 1 aliphatic heterocycles. The van der Waals surface area contributed by atoms with Crippen LogP contribution in [-0.2, 0) is 11.2 Å². The van der Waals surface area contributed by atoms with Crippen molar-refractivity contribution < 1.29 is 13.6 Å². The molecule has 5 rings (SSSR count). The fraction of sp³-hybridized carbons (Fsp3) is 0.267. The molecule has 1 aromatic carbocycles. The van der Waals surface area contributed by atoms with Crippen molar-refractivity contribution in [1.29, 1.82) is 0 Å². The molecule has 4 heterocycles. The van der Waals surface area contributed by atoms with E-state index in [1.165, 1.54) is 12.1 Å². The van der Waals surface area contributed by atoms with E-state index in [4.69, 9.17) is 11.6 Å². The van der Waals surface area contributed by atoms with Gasteiger partial charge in [-0.3, -0.25) is 4.79 Å². The summed E-state index contributed by atoms with van der Waals surface area (Å²) in [7, 11) is 0. The Labute approximate surface area is 236 Å². The number of anilines is 1. The number of allylic oxidation sites excluding steroid dienone is 2. The highest BCUT2D eigenvalue weighted by atomic mass is 35.5. The highest BCUT2D eigenvalue weighted by molar-refractivity contribution is 6.31. The number of hydrogen-bond acceptors (Lipinski definition) is 5. The van der Waals surface area contributed by atoms with Gasteiger partial charge in [0.25, 0.3) is 0 Å². The number of fused-ring (bicyclic) bond motifs is 1. The second kappa shape index (κ2) is 12.4. The second-order valence-electron chi connectivity index (χ2n) is 9.75. The molecule has 0 fully saturated rings. The lowest BCUT2D eigenvalue weighted by atomic mass is 9.99. The van der Waals surface area contributed by atoms with Crippen LogP contribution in [0.25, 0.3) is 22.4 Å². The molecule has 4 aromatic rings. The maximum atomic E-state index is 14.9. The quantitative estimate of drug-likeness (QED) is 0.221. The minimum Gasteiger partial charge on any atom is -0.365 e. The lowest BCUT2D eigenvalue weighted by Gasteiger charge is -2.30. The number of amides is 1. The van der Waals surface area contributed by atoms with Crippen LogP contribution in [0.4, 0.5) is 14.6 Å². The summed E-state index contributed by atoms with van der Waals surface area (Å²) >= 11 is 6.13. The van der Waals surface area contributed by atoms with Gasteiger partial charge in [0.1, 0.15) is 11.5 Å². The standard InChI is InChI=1S/C30H29ClF2N6O/c1-2-5-22(11-12-23-6-3-4-13-39(23)27(40)14-19-7-9-21(32)10-8-19)37-30-26(33)18-36-29(38-30)25-17-35-28-24(25)15-20(31)16-34-28/h3-4,6-10,13,15-18,22-23H,2,5,11-12,14H2,1H3,(H,34,35)(H,36,37,38)/t22?,23-/m0/s1. The minimum atomic E-state index is -0.544. The van der Waals surface area contributed by atoms with Crippen LogP contribution in [0.15, 0.2) is 73.4 Å². The molecule has 10 heteroatoms. The molecule has 206 valence electrons. The smallest absolute Gasteiger partial charge is 0.231 e. The third-order valence-electron chi connectivity index (χ3n) is 6.88. The van der Waals surface area contributed by atoms with Crippen LogP contribution in [0.1, 0.15) is 38.2 Å².